The molecule has 0 bridgehead atoms. The smallest absolute Gasteiger partial charge is 0.315 e. The van der Waals surface area contributed by atoms with E-state index >= 15 is 0 Å². The number of hydrogen-bond acceptors (Lipinski definition) is 2. The highest BCUT2D eigenvalue weighted by atomic mass is 16.2. The molecule has 1 aliphatic carbocycles. The van der Waals surface area contributed by atoms with Crippen molar-refractivity contribution in [2.45, 2.75) is 51.6 Å². The molecule has 2 N–H and O–H groups in total. The van der Waals surface area contributed by atoms with Gasteiger partial charge in [0.1, 0.15) is 5.82 Å². The quantitative estimate of drug-likeness (QED) is 0.915. The van der Waals surface area contributed by atoms with Gasteiger partial charge in [-0.15, -0.1) is 0 Å². The van der Waals surface area contributed by atoms with E-state index in [1.807, 2.05) is 26.1 Å². The minimum atomic E-state index is -0.0656. The number of nitrogens with zero attached hydrogens (tertiary/aromatic N) is 2. The van der Waals surface area contributed by atoms with Crippen LogP contribution in [-0.2, 0) is 13.6 Å². The van der Waals surface area contributed by atoms with Crippen LogP contribution in [0.5, 0.6) is 0 Å². The Kier molecular flexibility index (Phi) is 4.32. The second-order valence-electron chi connectivity index (χ2n) is 6.20. The number of aryl methyl sites for hydroxylation is 2. The molecule has 0 saturated heterocycles. The molecule has 5 nitrogen and oxygen atoms in total. The second-order valence-corrected chi connectivity index (χ2v) is 6.20. The second kappa shape index (κ2) is 6.38. The molecule has 1 aliphatic rings. The third-order valence-corrected chi connectivity index (χ3v) is 4.56. The van der Waals surface area contributed by atoms with E-state index in [4.69, 9.17) is 0 Å². The van der Waals surface area contributed by atoms with Gasteiger partial charge in [0.2, 0.25) is 0 Å². The lowest BCUT2D eigenvalue weighted by molar-refractivity contribution is 0.232. The van der Waals surface area contributed by atoms with E-state index in [-0.39, 0.29) is 6.03 Å². The van der Waals surface area contributed by atoms with Gasteiger partial charge in [0.25, 0.3) is 0 Å². The highest BCUT2D eigenvalue weighted by Crippen LogP contribution is 2.18. The first-order chi connectivity index (χ1) is 10.6. The van der Waals surface area contributed by atoms with Gasteiger partial charge in [-0.2, -0.15) is 0 Å². The molecule has 1 aromatic carbocycles. The lowest BCUT2D eigenvalue weighted by Crippen LogP contribution is -2.42. The van der Waals surface area contributed by atoms with E-state index in [1.165, 1.54) is 19.3 Å². The fourth-order valence-corrected chi connectivity index (χ4v) is 3.14. The molecule has 118 valence electrons. The van der Waals surface area contributed by atoms with Crippen LogP contribution in [0.2, 0.25) is 0 Å². The minimum absolute atomic E-state index is 0.0656. The normalized spacial score (nSPS) is 15.9. The van der Waals surface area contributed by atoms with Gasteiger partial charge in [0, 0.05) is 19.6 Å². The molecule has 0 radical (unpaired) electrons. The number of imidazole rings is 1. The number of hydrogen-bond donors (Lipinski definition) is 2. The molecule has 1 fully saturated rings. The summed E-state index contributed by atoms with van der Waals surface area (Å²) in [6, 6.07) is 6.43. The third-order valence-electron chi connectivity index (χ3n) is 4.56. The molecular formula is C17H24N4O. The number of amides is 2. The summed E-state index contributed by atoms with van der Waals surface area (Å²) in [6.07, 6.45) is 5.95. The zero-order chi connectivity index (χ0) is 15.5. The summed E-state index contributed by atoms with van der Waals surface area (Å²) in [5.74, 6) is 0.996. The maximum atomic E-state index is 12.0. The monoisotopic (exact) mass is 300 g/mol. The molecular weight excluding hydrogens is 276 g/mol. The van der Waals surface area contributed by atoms with E-state index in [9.17, 15) is 4.79 Å². The van der Waals surface area contributed by atoms with E-state index in [2.05, 4.69) is 26.3 Å². The summed E-state index contributed by atoms with van der Waals surface area (Å²) in [4.78, 5) is 16.5. The minimum Gasteiger partial charge on any atom is -0.335 e. The molecule has 2 aromatic rings. The summed E-state index contributed by atoms with van der Waals surface area (Å²) < 4.78 is 2.07. The molecule has 0 unspecified atom stereocenters. The van der Waals surface area contributed by atoms with Crippen LogP contribution >= 0.6 is 0 Å². The van der Waals surface area contributed by atoms with E-state index in [1.54, 1.807) is 0 Å². The van der Waals surface area contributed by atoms with Gasteiger partial charge >= 0.3 is 6.03 Å². The zero-order valence-electron chi connectivity index (χ0n) is 13.4. The number of nitrogens with one attached hydrogen (secondary N) is 2. The summed E-state index contributed by atoms with van der Waals surface area (Å²) >= 11 is 0. The van der Waals surface area contributed by atoms with E-state index in [0.717, 1.165) is 35.3 Å². The number of carbonyl (C=O) groups is 1. The van der Waals surface area contributed by atoms with Crippen molar-refractivity contribution >= 4 is 17.1 Å². The van der Waals surface area contributed by atoms with Crippen molar-refractivity contribution in [1.29, 1.82) is 0 Å². The number of urea groups is 1. The van der Waals surface area contributed by atoms with Crippen molar-refractivity contribution in [2.24, 2.45) is 7.05 Å². The summed E-state index contributed by atoms with van der Waals surface area (Å²) in [6.45, 7) is 2.53. The fraction of sp³-hybridized carbons (Fsp3) is 0.529. The molecule has 0 spiro atoms. The molecule has 0 aliphatic heterocycles. The van der Waals surface area contributed by atoms with Crippen LogP contribution in [0.25, 0.3) is 11.0 Å². The highest BCUT2D eigenvalue weighted by molar-refractivity contribution is 5.77. The number of fused-ring (bicyclic) bond motifs is 1. The average molecular weight is 300 g/mol. The Morgan fingerprint density at radius 1 is 1.32 bits per heavy atom. The Morgan fingerprint density at radius 3 is 2.86 bits per heavy atom. The molecule has 0 atom stereocenters. The summed E-state index contributed by atoms with van der Waals surface area (Å²) in [7, 11) is 2.01. The molecule has 2 amide bonds. The van der Waals surface area contributed by atoms with Gasteiger partial charge in [-0.3, -0.25) is 0 Å². The average Bonchev–Trinajstić information content (AvgIpc) is 2.81. The SMILES string of the molecule is Cc1nc2cc(CNC(=O)NC3CCCCC3)ccc2n1C. The van der Waals surface area contributed by atoms with Crippen molar-refractivity contribution in [3.05, 3.63) is 29.6 Å². The van der Waals surface area contributed by atoms with Crippen LogP contribution < -0.4 is 10.6 Å². The molecule has 3 rings (SSSR count). The van der Waals surface area contributed by atoms with Gasteiger partial charge in [0.15, 0.2) is 0 Å². The predicted octanol–water partition coefficient (Wildman–Crippen LogP) is 3.01. The van der Waals surface area contributed by atoms with Gasteiger partial charge < -0.3 is 15.2 Å². The number of aromatic nitrogens is 2. The lowest BCUT2D eigenvalue weighted by Gasteiger charge is -2.22. The maximum absolute atomic E-state index is 12.0. The van der Waals surface area contributed by atoms with Crippen LogP contribution in [0, 0.1) is 6.92 Å². The first-order valence-electron chi connectivity index (χ1n) is 8.10. The fourth-order valence-electron chi connectivity index (χ4n) is 3.14. The first kappa shape index (κ1) is 14.9. The Bertz CT molecular complexity index is 671. The number of rotatable bonds is 3. The maximum Gasteiger partial charge on any atom is 0.315 e. The van der Waals surface area contributed by atoms with Gasteiger partial charge in [-0.1, -0.05) is 25.3 Å². The molecule has 22 heavy (non-hydrogen) atoms. The molecule has 5 heteroatoms. The van der Waals surface area contributed by atoms with Crippen molar-refractivity contribution in [3.63, 3.8) is 0 Å². The Morgan fingerprint density at radius 2 is 2.09 bits per heavy atom. The summed E-state index contributed by atoms with van der Waals surface area (Å²) in [5, 5.41) is 6.02. The van der Waals surface area contributed by atoms with Crippen molar-refractivity contribution in [1.82, 2.24) is 20.2 Å². The molecule has 1 aromatic heterocycles. The topological polar surface area (TPSA) is 59.0 Å². The third kappa shape index (κ3) is 3.24. The molecule has 1 heterocycles. The van der Waals surface area contributed by atoms with Crippen LogP contribution in [0.3, 0.4) is 0 Å². The lowest BCUT2D eigenvalue weighted by atomic mass is 9.96. The molecule has 1 saturated carbocycles. The Balaban J connectivity index is 1.57. The van der Waals surface area contributed by atoms with Crippen molar-refractivity contribution < 1.29 is 4.79 Å². The Labute approximate surface area is 131 Å². The zero-order valence-corrected chi connectivity index (χ0v) is 13.4. The van der Waals surface area contributed by atoms with Gasteiger partial charge in [-0.25, -0.2) is 9.78 Å². The van der Waals surface area contributed by atoms with Crippen molar-refractivity contribution in [2.75, 3.05) is 0 Å². The van der Waals surface area contributed by atoms with Gasteiger partial charge in [-0.05, 0) is 37.5 Å². The standard InChI is InChI=1S/C17H24N4O/c1-12-19-15-10-13(8-9-16(15)21(12)2)11-18-17(22)20-14-6-4-3-5-7-14/h8-10,14H,3-7,11H2,1-2H3,(H2,18,20,22). The highest BCUT2D eigenvalue weighted by Gasteiger charge is 2.15. The van der Waals surface area contributed by atoms with Crippen molar-refractivity contribution in [3.8, 4) is 0 Å². The predicted molar refractivity (Wildman–Crippen MR) is 87.7 cm³/mol. The van der Waals surface area contributed by atoms with Crippen LogP contribution in [-0.4, -0.2) is 21.6 Å². The van der Waals surface area contributed by atoms with Gasteiger partial charge in [0.05, 0.1) is 11.0 Å². The van der Waals surface area contributed by atoms with E-state index in [0.29, 0.717) is 12.6 Å². The first-order valence-corrected chi connectivity index (χ1v) is 8.10. The van der Waals surface area contributed by atoms with Crippen LogP contribution in [0.1, 0.15) is 43.5 Å². The van der Waals surface area contributed by atoms with E-state index < -0.39 is 0 Å². The van der Waals surface area contributed by atoms with Crippen LogP contribution in [0.15, 0.2) is 18.2 Å². The number of carbonyl (C=O) groups excluding carboxylic acids is 1. The largest absolute Gasteiger partial charge is 0.335 e. The Hall–Kier alpha value is -2.04. The number of benzene rings is 1. The summed E-state index contributed by atoms with van der Waals surface area (Å²) in [5.41, 5.74) is 3.17. The van der Waals surface area contributed by atoms with Crippen LogP contribution in [0.4, 0.5) is 4.79 Å².